The molecule has 2 aliphatic rings. The van der Waals surface area contributed by atoms with Gasteiger partial charge in [-0.15, -0.1) is 5.10 Å². The number of halogens is 2. The smallest absolute Gasteiger partial charge is 0.296 e. The summed E-state index contributed by atoms with van der Waals surface area (Å²) in [7, 11) is 1.27. The van der Waals surface area contributed by atoms with Gasteiger partial charge in [-0.25, -0.2) is 0 Å². The maximum atomic E-state index is 14.4. The van der Waals surface area contributed by atoms with E-state index in [1.807, 2.05) is 26.1 Å². The van der Waals surface area contributed by atoms with Crippen molar-refractivity contribution in [1.29, 1.82) is 0 Å². The van der Waals surface area contributed by atoms with Crippen molar-refractivity contribution >= 4 is 22.4 Å². The molecule has 180 valence electrons. The SMILES string of the molecule is COCC(F)(F)c1cccc([C@@H](C)Nc2nnc(C)c3ncc(N4CCC5(COC5)C4)cc23)c1. The van der Waals surface area contributed by atoms with Crippen molar-refractivity contribution in [2.45, 2.75) is 32.2 Å². The van der Waals surface area contributed by atoms with Gasteiger partial charge in [0.05, 0.1) is 42.4 Å². The summed E-state index contributed by atoms with van der Waals surface area (Å²) >= 11 is 0. The summed E-state index contributed by atoms with van der Waals surface area (Å²) in [6, 6.07) is 8.21. The molecule has 0 radical (unpaired) electrons. The summed E-state index contributed by atoms with van der Waals surface area (Å²) in [6.07, 6.45) is 3.01. The number of hydrogen-bond donors (Lipinski definition) is 1. The second kappa shape index (κ2) is 8.70. The molecule has 1 aromatic carbocycles. The Morgan fingerprint density at radius 1 is 1.26 bits per heavy atom. The van der Waals surface area contributed by atoms with Crippen LogP contribution in [0.5, 0.6) is 0 Å². The predicted octanol–water partition coefficient (Wildman–Crippen LogP) is 4.47. The highest BCUT2D eigenvalue weighted by Crippen LogP contribution is 2.40. The molecule has 0 bridgehead atoms. The molecule has 2 aromatic heterocycles. The number of rotatable bonds is 7. The highest BCUT2D eigenvalue weighted by molar-refractivity contribution is 5.92. The van der Waals surface area contributed by atoms with Gasteiger partial charge in [-0.1, -0.05) is 18.2 Å². The minimum absolute atomic E-state index is 0.0766. The lowest BCUT2D eigenvalue weighted by Crippen LogP contribution is -2.44. The lowest BCUT2D eigenvalue weighted by Gasteiger charge is -2.37. The summed E-state index contributed by atoms with van der Waals surface area (Å²) in [5.41, 5.74) is 3.47. The molecule has 1 N–H and O–H groups in total. The van der Waals surface area contributed by atoms with Crippen LogP contribution in [0.1, 0.15) is 36.2 Å². The molecule has 2 saturated heterocycles. The maximum Gasteiger partial charge on any atom is 0.296 e. The summed E-state index contributed by atoms with van der Waals surface area (Å²) in [5, 5.41) is 12.9. The van der Waals surface area contributed by atoms with E-state index < -0.39 is 12.5 Å². The fraction of sp³-hybridized carbons (Fsp3) is 0.480. The van der Waals surface area contributed by atoms with Gasteiger partial charge in [0.1, 0.15) is 6.61 Å². The molecule has 0 aliphatic carbocycles. The third kappa shape index (κ3) is 4.18. The zero-order chi connectivity index (χ0) is 23.9. The molecule has 2 fully saturated rings. The third-order valence-corrected chi connectivity index (χ3v) is 6.88. The minimum atomic E-state index is -3.06. The predicted molar refractivity (Wildman–Crippen MR) is 126 cm³/mol. The van der Waals surface area contributed by atoms with Crippen LogP contribution in [0, 0.1) is 12.3 Å². The van der Waals surface area contributed by atoms with E-state index in [2.05, 4.69) is 26.5 Å². The van der Waals surface area contributed by atoms with E-state index in [4.69, 9.17) is 14.5 Å². The molecule has 1 atom stereocenters. The lowest BCUT2D eigenvalue weighted by atomic mass is 9.85. The van der Waals surface area contributed by atoms with Gasteiger partial charge in [0.15, 0.2) is 5.82 Å². The Hall–Kier alpha value is -2.91. The number of benzene rings is 1. The molecule has 0 saturated carbocycles. The molecule has 9 heteroatoms. The number of pyridine rings is 1. The van der Waals surface area contributed by atoms with E-state index in [9.17, 15) is 8.78 Å². The fourth-order valence-electron chi connectivity index (χ4n) is 4.80. The molecule has 3 aromatic rings. The first-order valence-electron chi connectivity index (χ1n) is 11.5. The van der Waals surface area contributed by atoms with Crippen LogP contribution < -0.4 is 10.2 Å². The summed E-state index contributed by atoms with van der Waals surface area (Å²) in [5.74, 6) is -2.48. The van der Waals surface area contributed by atoms with E-state index >= 15 is 0 Å². The summed E-state index contributed by atoms with van der Waals surface area (Å²) < 4.78 is 38.9. The quantitative estimate of drug-likeness (QED) is 0.547. The van der Waals surface area contributed by atoms with Crippen molar-refractivity contribution in [3.63, 3.8) is 0 Å². The Morgan fingerprint density at radius 2 is 2.09 bits per heavy atom. The van der Waals surface area contributed by atoms with Gasteiger partial charge in [0.25, 0.3) is 5.92 Å². The number of ether oxygens (including phenoxy) is 2. The number of aromatic nitrogens is 3. The zero-order valence-corrected chi connectivity index (χ0v) is 19.6. The van der Waals surface area contributed by atoms with Crippen LogP contribution in [0.2, 0.25) is 0 Å². The molecule has 7 nitrogen and oxygen atoms in total. The molecule has 0 unspecified atom stereocenters. The van der Waals surface area contributed by atoms with E-state index in [0.29, 0.717) is 5.82 Å². The van der Waals surface area contributed by atoms with Gasteiger partial charge in [-0.05, 0) is 38.0 Å². The van der Waals surface area contributed by atoms with Gasteiger partial charge in [-0.2, -0.15) is 13.9 Å². The van der Waals surface area contributed by atoms with Crippen LogP contribution >= 0.6 is 0 Å². The Balaban J connectivity index is 1.43. The highest BCUT2D eigenvalue weighted by atomic mass is 19.3. The van der Waals surface area contributed by atoms with E-state index in [0.717, 1.165) is 60.6 Å². The number of alkyl halides is 2. The number of aryl methyl sites for hydroxylation is 1. The number of hydrogen-bond acceptors (Lipinski definition) is 7. The molecular formula is C25H29F2N5O2. The van der Waals surface area contributed by atoms with Crippen LogP contribution in [-0.4, -0.2) is 55.2 Å². The van der Waals surface area contributed by atoms with E-state index in [-0.39, 0.29) is 17.0 Å². The van der Waals surface area contributed by atoms with Crippen molar-refractivity contribution in [2.24, 2.45) is 5.41 Å². The molecular weight excluding hydrogens is 440 g/mol. The minimum Gasteiger partial charge on any atom is -0.380 e. The second-order valence-corrected chi connectivity index (χ2v) is 9.52. The van der Waals surface area contributed by atoms with E-state index in [1.54, 1.807) is 6.07 Å². The van der Waals surface area contributed by atoms with E-state index in [1.165, 1.54) is 19.2 Å². The van der Waals surface area contributed by atoms with Crippen molar-refractivity contribution < 1.29 is 18.3 Å². The van der Waals surface area contributed by atoms with Gasteiger partial charge >= 0.3 is 0 Å². The Bertz CT molecular complexity index is 1200. The van der Waals surface area contributed by atoms with Crippen molar-refractivity contribution in [2.75, 3.05) is 50.2 Å². The molecule has 2 aliphatic heterocycles. The average molecular weight is 470 g/mol. The van der Waals surface area contributed by atoms with Crippen molar-refractivity contribution in [3.8, 4) is 0 Å². The van der Waals surface area contributed by atoms with Crippen LogP contribution in [0.15, 0.2) is 36.5 Å². The first kappa shape index (κ1) is 22.9. The molecule has 0 amide bonds. The zero-order valence-electron chi connectivity index (χ0n) is 19.6. The normalized spacial score (nSPS) is 18.3. The number of nitrogens with one attached hydrogen (secondary N) is 1. The Morgan fingerprint density at radius 3 is 2.79 bits per heavy atom. The van der Waals surface area contributed by atoms with Crippen molar-refractivity contribution in [1.82, 2.24) is 15.2 Å². The van der Waals surface area contributed by atoms with Crippen molar-refractivity contribution in [3.05, 3.63) is 53.3 Å². The van der Waals surface area contributed by atoms with Gasteiger partial charge in [-0.3, -0.25) is 4.98 Å². The van der Waals surface area contributed by atoms with Crippen LogP contribution in [0.3, 0.4) is 0 Å². The van der Waals surface area contributed by atoms with Gasteiger partial charge in [0.2, 0.25) is 0 Å². The summed E-state index contributed by atoms with van der Waals surface area (Å²) in [6.45, 7) is 6.70. The van der Waals surface area contributed by atoms with Crippen LogP contribution in [-0.2, 0) is 15.4 Å². The van der Waals surface area contributed by atoms with Crippen LogP contribution in [0.25, 0.3) is 10.9 Å². The highest BCUT2D eigenvalue weighted by Gasteiger charge is 2.44. The number of nitrogens with zero attached hydrogens (tertiary/aromatic N) is 4. The largest absolute Gasteiger partial charge is 0.380 e. The standard InChI is InChI=1S/C25H29F2N5O2/c1-16(18-5-4-6-19(9-18)25(26,27)15-33-3)29-23-21-10-20(11-28-22(21)17(2)30-31-23)32-8-7-24(12-32)13-34-14-24/h4-6,9-11,16H,7-8,12-15H2,1-3H3,(H,29,31)/t16-/m1/s1. The van der Waals surface area contributed by atoms with Crippen LogP contribution in [0.4, 0.5) is 20.3 Å². The topological polar surface area (TPSA) is 72.4 Å². The number of methoxy groups -OCH3 is 1. The molecule has 1 spiro atoms. The molecule has 34 heavy (non-hydrogen) atoms. The third-order valence-electron chi connectivity index (χ3n) is 6.88. The number of fused-ring (bicyclic) bond motifs is 1. The van der Waals surface area contributed by atoms with Gasteiger partial charge < -0.3 is 19.7 Å². The first-order valence-corrected chi connectivity index (χ1v) is 11.5. The summed E-state index contributed by atoms with van der Waals surface area (Å²) in [4.78, 5) is 7.04. The molecule has 5 rings (SSSR count). The number of anilines is 2. The Kier molecular flexibility index (Phi) is 5.85. The monoisotopic (exact) mass is 469 g/mol. The van der Waals surface area contributed by atoms with Gasteiger partial charge in [0, 0.05) is 36.6 Å². The average Bonchev–Trinajstić information content (AvgIpc) is 3.27. The first-order chi connectivity index (χ1) is 16.3. The maximum absolute atomic E-state index is 14.4. The fourth-order valence-corrected chi connectivity index (χ4v) is 4.80. The lowest BCUT2D eigenvalue weighted by molar-refractivity contribution is -0.0985. The Labute approximate surface area is 197 Å². The molecule has 4 heterocycles. The second-order valence-electron chi connectivity index (χ2n) is 9.52.